The Kier molecular flexibility index (Phi) is 2.84. The zero-order chi connectivity index (χ0) is 11.6. The van der Waals surface area contributed by atoms with Gasteiger partial charge in [-0.25, -0.2) is 0 Å². The molecule has 0 spiro atoms. The lowest BCUT2D eigenvalue weighted by Gasteiger charge is -2.03. The Hall–Kier alpha value is -2.18. The lowest BCUT2D eigenvalue weighted by Crippen LogP contribution is -2.03. The highest BCUT2D eigenvalue weighted by Crippen LogP contribution is 2.34. The van der Waals surface area contributed by atoms with E-state index in [0.717, 1.165) is 19.1 Å². The highest BCUT2D eigenvalue weighted by Gasteiger charge is 2.21. The zero-order valence-corrected chi connectivity index (χ0v) is 7.56. The third-order valence-electron chi connectivity index (χ3n) is 1.51. The minimum absolute atomic E-state index is 0.550. The summed E-state index contributed by atoms with van der Waals surface area (Å²) in [5.41, 5.74) is -0.789. The lowest BCUT2D eigenvalue weighted by molar-refractivity contribution is -0.386. The number of nitro groups is 1. The molecule has 0 fully saturated rings. The second kappa shape index (κ2) is 3.91. The Morgan fingerprint density at radius 3 is 2.67 bits per heavy atom. The maximum absolute atomic E-state index is 13.2. The molecule has 0 atom stereocenters. The average Bonchev–Trinajstić information content (AvgIpc) is 2.12. The summed E-state index contributed by atoms with van der Waals surface area (Å²) in [5, 5.41) is 19.3. The van der Waals surface area contributed by atoms with E-state index in [1.165, 1.54) is 0 Å². The van der Waals surface area contributed by atoms with Gasteiger partial charge in [-0.05, 0) is 6.07 Å². The minimum atomic E-state index is -1.33. The predicted molar refractivity (Wildman–Crippen MR) is 46.0 cm³/mol. The monoisotopic (exact) mass is 215 g/mol. The maximum Gasteiger partial charge on any atom is 0.314 e. The number of esters is 1. The van der Waals surface area contributed by atoms with Crippen LogP contribution in [0.1, 0.15) is 6.92 Å². The first-order valence-corrected chi connectivity index (χ1v) is 3.77. The van der Waals surface area contributed by atoms with Crippen molar-refractivity contribution in [2.45, 2.75) is 6.92 Å². The molecule has 0 heterocycles. The second-order valence-corrected chi connectivity index (χ2v) is 2.60. The molecular weight excluding hydrogens is 209 g/mol. The zero-order valence-electron chi connectivity index (χ0n) is 7.56. The van der Waals surface area contributed by atoms with E-state index in [9.17, 15) is 19.3 Å². The van der Waals surface area contributed by atoms with Gasteiger partial charge in [-0.2, -0.15) is 4.39 Å². The number of hydrogen-bond donors (Lipinski definition) is 1. The van der Waals surface area contributed by atoms with E-state index < -0.39 is 33.9 Å². The summed E-state index contributed by atoms with van der Waals surface area (Å²) in [4.78, 5) is 19.8. The Morgan fingerprint density at radius 2 is 2.20 bits per heavy atom. The Labute approximate surface area is 83.0 Å². The van der Waals surface area contributed by atoms with Crippen LogP contribution in [0.25, 0.3) is 0 Å². The number of aromatic hydroxyl groups is 1. The Morgan fingerprint density at radius 1 is 1.60 bits per heavy atom. The number of benzene rings is 1. The van der Waals surface area contributed by atoms with Crippen LogP contribution in [0.5, 0.6) is 11.5 Å². The predicted octanol–water partition coefficient (Wildman–Crippen LogP) is 1.36. The van der Waals surface area contributed by atoms with Gasteiger partial charge in [0.1, 0.15) is 0 Å². The number of nitro benzene ring substituents is 1. The summed E-state index contributed by atoms with van der Waals surface area (Å²) >= 11 is 0. The van der Waals surface area contributed by atoms with Crippen LogP contribution >= 0.6 is 0 Å². The second-order valence-electron chi connectivity index (χ2n) is 2.60. The summed E-state index contributed by atoms with van der Waals surface area (Å²) in [7, 11) is 0. The van der Waals surface area contributed by atoms with Gasteiger partial charge in [0.15, 0.2) is 5.75 Å². The van der Waals surface area contributed by atoms with E-state index in [2.05, 4.69) is 4.74 Å². The van der Waals surface area contributed by atoms with E-state index in [4.69, 9.17) is 5.11 Å². The Balaban J connectivity index is 3.21. The van der Waals surface area contributed by atoms with Gasteiger partial charge in [0, 0.05) is 13.0 Å². The van der Waals surface area contributed by atoms with E-state index in [1.54, 1.807) is 0 Å². The lowest BCUT2D eigenvalue weighted by atomic mass is 10.2. The minimum Gasteiger partial charge on any atom is -0.500 e. The van der Waals surface area contributed by atoms with Crippen molar-refractivity contribution in [2.24, 2.45) is 0 Å². The molecule has 0 saturated carbocycles. The number of nitrogens with zero attached hydrogens (tertiary/aromatic N) is 1. The van der Waals surface area contributed by atoms with Crippen LogP contribution in [-0.4, -0.2) is 16.0 Å². The fourth-order valence-corrected chi connectivity index (χ4v) is 0.917. The fourth-order valence-electron chi connectivity index (χ4n) is 0.917. The topological polar surface area (TPSA) is 89.7 Å². The first-order chi connectivity index (χ1) is 6.93. The van der Waals surface area contributed by atoms with Gasteiger partial charge in [0.05, 0.1) is 4.92 Å². The van der Waals surface area contributed by atoms with Gasteiger partial charge in [-0.15, -0.1) is 0 Å². The molecule has 0 aromatic heterocycles. The van der Waals surface area contributed by atoms with Gasteiger partial charge in [-0.3, -0.25) is 14.9 Å². The van der Waals surface area contributed by atoms with Crippen LogP contribution in [0, 0.1) is 15.9 Å². The van der Waals surface area contributed by atoms with Gasteiger partial charge in [-0.1, -0.05) is 0 Å². The molecule has 6 nitrogen and oxygen atoms in total. The highest BCUT2D eigenvalue weighted by molar-refractivity contribution is 5.70. The highest BCUT2D eigenvalue weighted by atomic mass is 19.1. The first-order valence-electron chi connectivity index (χ1n) is 3.77. The van der Waals surface area contributed by atoms with Crippen molar-refractivity contribution < 1.29 is 24.0 Å². The van der Waals surface area contributed by atoms with Crippen molar-refractivity contribution in [1.82, 2.24) is 0 Å². The first kappa shape index (κ1) is 10.9. The van der Waals surface area contributed by atoms with Gasteiger partial charge in [0.2, 0.25) is 11.6 Å². The van der Waals surface area contributed by atoms with Gasteiger partial charge < -0.3 is 9.84 Å². The van der Waals surface area contributed by atoms with Crippen LogP contribution in [0.4, 0.5) is 10.1 Å². The maximum atomic E-state index is 13.2. The fraction of sp³-hybridized carbons (Fsp3) is 0.125. The molecule has 0 aliphatic heterocycles. The van der Waals surface area contributed by atoms with Crippen LogP contribution < -0.4 is 4.74 Å². The molecule has 0 radical (unpaired) electrons. The van der Waals surface area contributed by atoms with E-state index in [0.29, 0.717) is 0 Å². The smallest absolute Gasteiger partial charge is 0.314 e. The third kappa shape index (κ3) is 2.19. The molecule has 1 aromatic rings. The number of ether oxygens (including phenoxy) is 1. The molecule has 0 unspecified atom stereocenters. The van der Waals surface area contributed by atoms with Gasteiger partial charge >= 0.3 is 11.7 Å². The van der Waals surface area contributed by atoms with Crippen molar-refractivity contribution in [3.8, 4) is 11.5 Å². The van der Waals surface area contributed by atoms with Crippen molar-refractivity contribution in [3.05, 3.63) is 28.1 Å². The number of hydrogen-bond acceptors (Lipinski definition) is 5. The molecular formula is C8H6FNO5. The molecule has 1 rings (SSSR count). The largest absolute Gasteiger partial charge is 0.500 e. The van der Waals surface area contributed by atoms with Gasteiger partial charge in [0.25, 0.3) is 0 Å². The van der Waals surface area contributed by atoms with E-state index in [-0.39, 0.29) is 0 Å². The molecule has 0 amide bonds. The number of carbonyl (C=O) groups is 1. The van der Waals surface area contributed by atoms with E-state index in [1.807, 2.05) is 0 Å². The number of phenols is 1. The molecule has 80 valence electrons. The summed E-state index contributed by atoms with van der Waals surface area (Å²) in [5.74, 6) is -3.83. The standard InChI is InChI=1S/C8H6FNO5/c1-4(11)15-6-3-2-5(10(13)14)8(12)7(6)9/h2-3,12H,1H3. The van der Waals surface area contributed by atoms with Crippen LogP contribution in [0.3, 0.4) is 0 Å². The summed E-state index contributed by atoms with van der Waals surface area (Å²) in [6, 6.07) is 1.74. The third-order valence-corrected chi connectivity index (χ3v) is 1.51. The molecule has 0 saturated heterocycles. The summed E-state index contributed by atoms with van der Waals surface area (Å²) in [6.07, 6.45) is 0. The molecule has 1 aromatic carbocycles. The average molecular weight is 215 g/mol. The van der Waals surface area contributed by atoms with E-state index >= 15 is 0 Å². The quantitative estimate of drug-likeness (QED) is 0.348. The number of halogens is 1. The van der Waals surface area contributed by atoms with Crippen molar-refractivity contribution in [3.63, 3.8) is 0 Å². The Bertz CT molecular complexity index is 431. The molecule has 15 heavy (non-hydrogen) atoms. The molecule has 0 aliphatic carbocycles. The SMILES string of the molecule is CC(=O)Oc1ccc([N+](=O)[O-])c(O)c1F. The molecule has 0 bridgehead atoms. The van der Waals surface area contributed by atoms with Crippen LogP contribution in [0.15, 0.2) is 12.1 Å². The molecule has 1 N–H and O–H groups in total. The van der Waals surface area contributed by atoms with Crippen LogP contribution in [-0.2, 0) is 4.79 Å². The van der Waals surface area contributed by atoms with Crippen molar-refractivity contribution in [2.75, 3.05) is 0 Å². The van der Waals surface area contributed by atoms with Crippen LogP contribution in [0.2, 0.25) is 0 Å². The molecule has 7 heteroatoms. The number of phenolic OH excluding ortho intramolecular Hbond substituents is 1. The number of carbonyl (C=O) groups excluding carboxylic acids is 1. The molecule has 0 aliphatic rings. The number of rotatable bonds is 2. The normalized spacial score (nSPS) is 9.73. The van der Waals surface area contributed by atoms with Crippen molar-refractivity contribution >= 4 is 11.7 Å². The van der Waals surface area contributed by atoms with Crippen molar-refractivity contribution in [1.29, 1.82) is 0 Å². The summed E-state index contributed by atoms with van der Waals surface area (Å²) in [6.45, 7) is 1.04. The summed E-state index contributed by atoms with van der Waals surface area (Å²) < 4.78 is 17.5.